The minimum Gasteiger partial charge on any atom is -0.497 e. The second kappa shape index (κ2) is 7.26. The Kier molecular flexibility index (Phi) is 4.97. The van der Waals surface area contributed by atoms with Crippen LogP contribution < -0.4 is 4.74 Å². The Balaban J connectivity index is 1.41. The van der Waals surface area contributed by atoms with Crippen LogP contribution in [0.5, 0.6) is 5.75 Å². The van der Waals surface area contributed by atoms with Crippen LogP contribution in [0.2, 0.25) is 0 Å². The summed E-state index contributed by atoms with van der Waals surface area (Å²) in [5.41, 5.74) is 2.05. The molecule has 2 aliphatic heterocycles. The predicted octanol–water partition coefficient (Wildman–Crippen LogP) is 2.90. The van der Waals surface area contributed by atoms with Crippen molar-refractivity contribution in [2.24, 2.45) is 5.92 Å². The van der Waals surface area contributed by atoms with E-state index >= 15 is 0 Å². The highest BCUT2D eigenvalue weighted by Gasteiger charge is 2.45. The standard InChI is InChI=1S/C21H26N2O3S/c1-16-6-3-4-9-21(16)27(24,25)23-11-10-20-18(15-23)14-22(20)13-17-7-5-8-19(12-17)26-2/h3-9,12,18,20H,10-11,13-15H2,1-2H3/t18-,20-/m0/s1. The van der Waals surface area contributed by atoms with Gasteiger partial charge < -0.3 is 4.74 Å². The van der Waals surface area contributed by atoms with E-state index in [1.54, 1.807) is 23.5 Å². The smallest absolute Gasteiger partial charge is 0.243 e. The highest BCUT2D eigenvalue weighted by atomic mass is 32.2. The van der Waals surface area contributed by atoms with E-state index in [4.69, 9.17) is 4.74 Å². The van der Waals surface area contributed by atoms with E-state index in [1.807, 2.05) is 31.2 Å². The van der Waals surface area contributed by atoms with Crippen LogP contribution in [-0.2, 0) is 16.6 Å². The number of nitrogens with zero attached hydrogens (tertiary/aromatic N) is 2. The van der Waals surface area contributed by atoms with Crippen molar-refractivity contribution >= 4 is 10.0 Å². The van der Waals surface area contributed by atoms with Crippen molar-refractivity contribution in [3.05, 3.63) is 59.7 Å². The summed E-state index contributed by atoms with van der Waals surface area (Å²) in [7, 11) is -1.72. The van der Waals surface area contributed by atoms with Gasteiger partial charge in [-0.25, -0.2) is 8.42 Å². The molecular weight excluding hydrogens is 360 g/mol. The van der Waals surface area contributed by atoms with Gasteiger partial charge in [-0.05, 0) is 42.7 Å². The normalized spacial score (nSPS) is 23.5. The second-order valence-corrected chi connectivity index (χ2v) is 9.43. The molecule has 2 fully saturated rings. The monoisotopic (exact) mass is 386 g/mol. The summed E-state index contributed by atoms with van der Waals surface area (Å²) in [6.07, 6.45) is 0.889. The minimum atomic E-state index is -3.40. The average molecular weight is 387 g/mol. The molecule has 0 bridgehead atoms. The van der Waals surface area contributed by atoms with E-state index in [0.29, 0.717) is 29.9 Å². The Bertz CT molecular complexity index is 929. The van der Waals surface area contributed by atoms with E-state index < -0.39 is 10.0 Å². The first-order chi connectivity index (χ1) is 13.0. The molecule has 0 amide bonds. The quantitative estimate of drug-likeness (QED) is 0.793. The van der Waals surface area contributed by atoms with E-state index in [-0.39, 0.29) is 0 Å². The Morgan fingerprint density at radius 1 is 1.11 bits per heavy atom. The Hall–Kier alpha value is -1.89. The molecule has 2 aliphatic rings. The molecule has 0 unspecified atom stereocenters. The molecule has 27 heavy (non-hydrogen) atoms. The number of ether oxygens (including phenoxy) is 1. The van der Waals surface area contributed by atoms with Gasteiger partial charge in [-0.2, -0.15) is 4.31 Å². The maximum Gasteiger partial charge on any atom is 0.243 e. The van der Waals surface area contributed by atoms with Gasteiger partial charge in [0.2, 0.25) is 10.0 Å². The Labute approximate surface area is 161 Å². The van der Waals surface area contributed by atoms with E-state index in [1.165, 1.54) is 5.56 Å². The maximum atomic E-state index is 13.0. The van der Waals surface area contributed by atoms with Crippen LogP contribution in [-0.4, -0.2) is 50.4 Å². The number of aryl methyl sites for hydroxylation is 1. The molecule has 2 saturated heterocycles. The van der Waals surface area contributed by atoms with E-state index in [9.17, 15) is 8.42 Å². The summed E-state index contributed by atoms with van der Waals surface area (Å²) in [6.45, 7) is 4.91. The number of rotatable bonds is 5. The molecule has 2 aromatic carbocycles. The molecule has 2 aromatic rings. The van der Waals surface area contributed by atoms with Crippen molar-refractivity contribution in [1.29, 1.82) is 0 Å². The molecule has 0 N–H and O–H groups in total. The lowest BCUT2D eigenvalue weighted by atomic mass is 9.83. The van der Waals surface area contributed by atoms with Crippen molar-refractivity contribution in [3.63, 3.8) is 0 Å². The molecule has 0 radical (unpaired) electrons. The van der Waals surface area contributed by atoms with Crippen LogP contribution in [0.1, 0.15) is 17.5 Å². The Morgan fingerprint density at radius 3 is 2.67 bits per heavy atom. The zero-order valence-electron chi connectivity index (χ0n) is 15.8. The van der Waals surface area contributed by atoms with Crippen LogP contribution in [0.4, 0.5) is 0 Å². The van der Waals surface area contributed by atoms with Gasteiger partial charge >= 0.3 is 0 Å². The van der Waals surface area contributed by atoms with Gasteiger partial charge in [0, 0.05) is 38.1 Å². The van der Waals surface area contributed by atoms with Crippen LogP contribution in [0.3, 0.4) is 0 Å². The summed E-state index contributed by atoms with van der Waals surface area (Å²) in [6, 6.07) is 15.9. The van der Waals surface area contributed by atoms with Gasteiger partial charge in [0.1, 0.15) is 5.75 Å². The lowest BCUT2D eigenvalue weighted by molar-refractivity contribution is -0.0306. The fourth-order valence-electron chi connectivity index (χ4n) is 4.34. The average Bonchev–Trinajstić information content (AvgIpc) is 2.66. The van der Waals surface area contributed by atoms with Gasteiger partial charge in [0.05, 0.1) is 12.0 Å². The molecule has 0 spiro atoms. The molecule has 5 nitrogen and oxygen atoms in total. The summed E-state index contributed by atoms with van der Waals surface area (Å²) in [4.78, 5) is 2.90. The third-order valence-corrected chi connectivity index (χ3v) is 7.85. The first kappa shape index (κ1) is 18.5. The molecule has 0 aromatic heterocycles. The predicted molar refractivity (Wildman–Crippen MR) is 105 cm³/mol. The topological polar surface area (TPSA) is 49.9 Å². The fourth-order valence-corrected chi connectivity index (χ4v) is 6.07. The van der Waals surface area contributed by atoms with Gasteiger partial charge in [0.25, 0.3) is 0 Å². The number of likely N-dealkylation sites (tertiary alicyclic amines) is 1. The SMILES string of the molecule is COc1cccc(CN2C[C@H]3CN(S(=O)(=O)c4ccccc4C)CC[C@@H]32)c1. The van der Waals surface area contributed by atoms with Crippen molar-refractivity contribution in [2.75, 3.05) is 26.7 Å². The summed E-state index contributed by atoms with van der Waals surface area (Å²) < 4.78 is 33.0. The molecule has 0 saturated carbocycles. The fraction of sp³-hybridized carbons (Fsp3) is 0.429. The number of benzene rings is 2. The zero-order valence-corrected chi connectivity index (χ0v) is 16.7. The van der Waals surface area contributed by atoms with Crippen molar-refractivity contribution in [3.8, 4) is 5.75 Å². The minimum absolute atomic E-state index is 0.420. The lowest BCUT2D eigenvalue weighted by Crippen LogP contribution is -2.63. The lowest BCUT2D eigenvalue weighted by Gasteiger charge is -2.53. The number of hydrogen-bond acceptors (Lipinski definition) is 4. The van der Waals surface area contributed by atoms with E-state index in [2.05, 4.69) is 17.0 Å². The highest BCUT2D eigenvalue weighted by molar-refractivity contribution is 7.89. The van der Waals surface area contributed by atoms with Crippen LogP contribution in [0.25, 0.3) is 0 Å². The number of piperidine rings is 1. The van der Waals surface area contributed by atoms with Gasteiger partial charge in [0.15, 0.2) is 0 Å². The van der Waals surface area contributed by atoms with Crippen LogP contribution in [0.15, 0.2) is 53.4 Å². The van der Waals surface area contributed by atoms with Crippen molar-refractivity contribution in [2.45, 2.75) is 30.8 Å². The second-order valence-electron chi connectivity index (χ2n) is 7.53. The number of fused-ring (bicyclic) bond motifs is 1. The number of hydrogen-bond donors (Lipinski definition) is 0. The molecular formula is C21H26N2O3S. The molecule has 4 rings (SSSR count). The van der Waals surface area contributed by atoms with Gasteiger partial charge in [-0.3, -0.25) is 4.90 Å². The van der Waals surface area contributed by atoms with Crippen molar-refractivity contribution < 1.29 is 13.2 Å². The Morgan fingerprint density at radius 2 is 1.93 bits per heavy atom. The largest absolute Gasteiger partial charge is 0.497 e. The van der Waals surface area contributed by atoms with E-state index in [0.717, 1.165) is 30.8 Å². The summed E-state index contributed by atoms with van der Waals surface area (Å²) in [5, 5.41) is 0. The first-order valence-corrected chi connectivity index (χ1v) is 10.9. The molecule has 144 valence electrons. The highest BCUT2D eigenvalue weighted by Crippen LogP contribution is 2.36. The number of methoxy groups -OCH3 is 1. The molecule has 6 heteroatoms. The maximum absolute atomic E-state index is 13.0. The summed E-state index contributed by atoms with van der Waals surface area (Å²) >= 11 is 0. The molecule has 2 atom stereocenters. The summed E-state index contributed by atoms with van der Waals surface area (Å²) in [5.74, 6) is 1.30. The molecule has 2 heterocycles. The molecule has 0 aliphatic carbocycles. The third-order valence-electron chi connectivity index (χ3n) is 5.83. The number of sulfonamides is 1. The zero-order chi connectivity index (χ0) is 19.0. The van der Waals surface area contributed by atoms with Crippen LogP contribution in [0, 0.1) is 12.8 Å². The van der Waals surface area contributed by atoms with Crippen molar-refractivity contribution in [1.82, 2.24) is 9.21 Å². The van der Waals surface area contributed by atoms with Gasteiger partial charge in [-0.1, -0.05) is 30.3 Å². The van der Waals surface area contributed by atoms with Gasteiger partial charge in [-0.15, -0.1) is 0 Å². The third kappa shape index (κ3) is 3.49. The first-order valence-electron chi connectivity index (χ1n) is 9.42. The van der Waals surface area contributed by atoms with Crippen LogP contribution >= 0.6 is 0 Å².